The summed E-state index contributed by atoms with van der Waals surface area (Å²) in [6.07, 6.45) is 11.0. The summed E-state index contributed by atoms with van der Waals surface area (Å²) in [5.41, 5.74) is 1.49. The lowest BCUT2D eigenvalue weighted by atomic mass is 10.2. The number of hydrogen-bond acceptors (Lipinski definition) is 2. The summed E-state index contributed by atoms with van der Waals surface area (Å²) in [4.78, 5) is 23.5. The fraction of sp³-hybridized carbons (Fsp3) is 0.474. The smallest absolute Gasteiger partial charge is 0.224 e. The largest absolute Gasteiger partial charge is 0.356 e. The van der Waals surface area contributed by atoms with Crippen molar-refractivity contribution >= 4 is 33.4 Å². The second kappa shape index (κ2) is 12.6. The summed E-state index contributed by atoms with van der Waals surface area (Å²) in [7, 11) is 0. The first-order valence-corrected chi connectivity index (χ1v) is 9.47. The average Bonchev–Trinajstić information content (AvgIpc) is 2.58. The van der Waals surface area contributed by atoms with Crippen LogP contribution in [0.5, 0.6) is 0 Å². The van der Waals surface area contributed by atoms with Crippen molar-refractivity contribution < 1.29 is 9.59 Å². The van der Waals surface area contributed by atoms with Crippen molar-refractivity contribution in [1.29, 1.82) is 0 Å². The van der Waals surface area contributed by atoms with Crippen LogP contribution >= 0.6 is 15.9 Å². The molecular formula is C19H25BrN2O2. The normalized spacial score (nSPS) is 10.0. The first-order valence-electron chi connectivity index (χ1n) is 8.35. The van der Waals surface area contributed by atoms with Crippen LogP contribution in [0.25, 0.3) is 0 Å². The Hall–Kier alpha value is -1.80. The molecule has 0 aromatic heterocycles. The summed E-state index contributed by atoms with van der Waals surface area (Å²) in [5, 5.41) is 6.73. The minimum Gasteiger partial charge on any atom is -0.356 e. The second-order valence-corrected chi connectivity index (χ2v) is 6.37. The van der Waals surface area contributed by atoms with Crippen molar-refractivity contribution in [1.82, 2.24) is 5.32 Å². The number of nitrogens with one attached hydrogen (secondary N) is 2. The van der Waals surface area contributed by atoms with Crippen LogP contribution in [0.1, 0.15) is 50.5 Å². The van der Waals surface area contributed by atoms with E-state index in [2.05, 4.69) is 32.5 Å². The number of alkyl halides is 1. The Kier molecular flexibility index (Phi) is 10.6. The van der Waals surface area contributed by atoms with Crippen LogP contribution in [-0.2, 0) is 9.59 Å². The number of halogens is 1. The van der Waals surface area contributed by atoms with E-state index in [9.17, 15) is 9.59 Å². The van der Waals surface area contributed by atoms with Gasteiger partial charge in [-0.05, 0) is 43.5 Å². The molecule has 0 aliphatic carbocycles. The van der Waals surface area contributed by atoms with Crippen LogP contribution in [0.15, 0.2) is 24.3 Å². The van der Waals surface area contributed by atoms with Crippen molar-refractivity contribution in [3.63, 3.8) is 0 Å². The van der Waals surface area contributed by atoms with Gasteiger partial charge in [-0.25, -0.2) is 0 Å². The highest BCUT2D eigenvalue weighted by atomic mass is 79.9. The molecular weight excluding hydrogens is 368 g/mol. The Labute approximate surface area is 152 Å². The number of carbonyl (C=O) groups excluding carboxylic acids is 2. The molecule has 0 aliphatic rings. The lowest BCUT2D eigenvalue weighted by Crippen LogP contribution is -2.24. The van der Waals surface area contributed by atoms with E-state index in [4.69, 9.17) is 6.42 Å². The van der Waals surface area contributed by atoms with Gasteiger partial charge in [-0.15, -0.1) is 6.42 Å². The third-order valence-electron chi connectivity index (χ3n) is 3.53. The van der Waals surface area contributed by atoms with Gasteiger partial charge in [0.25, 0.3) is 0 Å². The van der Waals surface area contributed by atoms with Crippen molar-refractivity contribution in [2.24, 2.45) is 0 Å². The monoisotopic (exact) mass is 392 g/mol. The predicted octanol–water partition coefficient (Wildman–Crippen LogP) is 3.85. The van der Waals surface area contributed by atoms with Crippen LogP contribution in [0.3, 0.4) is 0 Å². The SMILES string of the molecule is C#Cc1ccc(NC(=O)CCCC(=O)NCCCCCCBr)cc1. The Morgan fingerprint density at radius 1 is 0.958 bits per heavy atom. The van der Waals surface area contributed by atoms with E-state index in [1.807, 2.05) is 0 Å². The molecule has 0 unspecified atom stereocenters. The summed E-state index contributed by atoms with van der Waals surface area (Å²) < 4.78 is 0. The Morgan fingerprint density at radius 2 is 1.62 bits per heavy atom. The van der Waals surface area contributed by atoms with Gasteiger partial charge in [-0.3, -0.25) is 9.59 Å². The highest BCUT2D eigenvalue weighted by Gasteiger charge is 2.05. The van der Waals surface area contributed by atoms with E-state index in [1.54, 1.807) is 24.3 Å². The highest BCUT2D eigenvalue weighted by molar-refractivity contribution is 9.09. The summed E-state index contributed by atoms with van der Waals surface area (Å²) in [5.74, 6) is 2.45. The zero-order chi connectivity index (χ0) is 17.6. The van der Waals surface area contributed by atoms with E-state index < -0.39 is 0 Å². The molecule has 1 aromatic rings. The molecule has 24 heavy (non-hydrogen) atoms. The number of anilines is 1. The van der Waals surface area contributed by atoms with Gasteiger partial charge in [0.1, 0.15) is 0 Å². The minimum absolute atomic E-state index is 0.0154. The molecule has 0 aliphatic heterocycles. The number of benzene rings is 1. The Balaban J connectivity index is 2.09. The number of unbranched alkanes of at least 4 members (excludes halogenated alkanes) is 3. The number of hydrogen-bond donors (Lipinski definition) is 2. The fourth-order valence-electron chi connectivity index (χ4n) is 2.17. The summed E-state index contributed by atoms with van der Waals surface area (Å²) in [6.45, 7) is 0.717. The first kappa shape index (κ1) is 20.2. The molecule has 1 aromatic carbocycles. The second-order valence-electron chi connectivity index (χ2n) is 5.58. The zero-order valence-electron chi connectivity index (χ0n) is 13.9. The van der Waals surface area contributed by atoms with Crippen molar-refractivity contribution in [2.75, 3.05) is 17.2 Å². The predicted molar refractivity (Wildman–Crippen MR) is 102 cm³/mol. The third-order valence-corrected chi connectivity index (χ3v) is 4.09. The van der Waals surface area contributed by atoms with E-state index in [1.165, 1.54) is 12.8 Å². The van der Waals surface area contributed by atoms with Crippen LogP contribution < -0.4 is 10.6 Å². The van der Waals surface area contributed by atoms with Gasteiger partial charge in [0.2, 0.25) is 11.8 Å². The topological polar surface area (TPSA) is 58.2 Å². The van der Waals surface area contributed by atoms with Crippen LogP contribution in [-0.4, -0.2) is 23.7 Å². The van der Waals surface area contributed by atoms with Gasteiger partial charge < -0.3 is 10.6 Å². The van der Waals surface area contributed by atoms with E-state index >= 15 is 0 Å². The molecule has 0 saturated carbocycles. The molecule has 0 atom stereocenters. The van der Waals surface area contributed by atoms with Gasteiger partial charge in [0, 0.05) is 36.0 Å². The lowest BCUT2D eigenvalue weighted by Gasteiger charge is -2.06. The maximum atomic E-state index is 11.8. The molecule has 0 saturated heterocycles. The first-order chi connectivity index (χ1) is 11.7. The molecule has 0 fully saturated rings. The summed E-state index contributed by atoms with van der Waals surface area (Å²) in [6, 6.07) is 7.10. The molecule has 0 spiro atoms. The minimum atomic E-state index is -0.0916. The van der Waals surface area contributed by atoms with Crippen LogP contribution in [0, 0.1) is 12.3 Å². The zero-order valence-corrected chi connectivity index (χ0v) is 15.5. The van der Waals surface area contributed by atoms with Crippen molar-refractivity contribution in [3.8, 4) is 12.3 Å². The fourth-order valence-corrected chi connectivity index (χ4v) is 2.57. The molecule has 5 heteroatoms. The van der Waals surface area contributed by atoms with E-state index in [0.717, 1.165) is 30.3 Å². The molecule has 4 nitrogen and oxygen atoms in total. The molecule has 2 amide bonds. The Bertz CT molecular complexity index is 549. The van der Waals surface area contributed by atoms with Gasteiger partial charge in [-0.2, -0.15) is 0 Å². The van der Waals surface area contributed by atoms with Gasteiger partial charge in [0.05, 0.1) is 0 Å². The van der Waals surface area contributed by atoms with Crippen molar-refractivity contribution in [2.45, 2.75) is 44.9 Å². The quantitative estimate of drug-likeness (QED) is 0.341. The Morgan fingerprint density at radius 3 is 2.29 bits per heavy atom. The van der Waals surface area contributed by atoms with Crippen LogP contribution in [0.4, 0.5) is 5.69 Å². The van der Waals surface area contributed by atoms with Crippen molar-refractivity contribution in [3.05, 3.63) is 29.8 Å². The number of carbonyl (C=O) groups is 2. The van der Waals surface area contributed by atoms with Gasteiger partial charge >= 0.3 is 0 Å². The molecule has 0 bridgehead atoms. The summed E-state index contributed by atoms with van der Waals surface area (Å²) >= 11 is 3.40. The maximum Gasteiger partial charge on any atom is 0.224 e. The molecule has 0 heterocycles. The highest BCUT2D eigenvalue weighted by Crippen LogP contribution is 2.10. The molecule has 2 N–H and O–H groups in total. The van der Waals surface area contributed by atoms with Crippen LogP contribution in [0.2, 0.25) is 0 Å². The van der Waals surface area contributed by atoms with E-state index in [-0.39, 0.29) is 11.8 Å². The molecule has 1 rings (SSSR count). The maximum absolute atomic E-state index is 11.8. The third kappa shape index (κ3) is 9.36. The van der Waals surface area contributed by atoms with Gasteiger partial charge in [0.15, 0.2) is 0 Å². The molecule has 0 radical (unpaired) electrons. The van der Waals surface area contributed by atoms with Gasteiger partial charge in [-0.1, -0.05) is 34.7 Å². The van der Waals surface area contributed by atoms with E-state index in [0.29, 0.717) is 24.9 Å². The number of rotatable bonds is 11. The standard InChI is InChI=1S/C19H25BrN2O2/c1-2-16-10-12-17(13-11-16)22-19(24)9-7-8-18(23)21-15-6-4-3-5-14-20/h1,10-13H,3-9,14-15H2,(H,21,23)(H,22,24). The lowest BCUT2D eigenvalue weighted by molar-refractivity contribution is -0.121. The number of terminal acetylenes is 1. The average molecular weight is 393 g/mol. The number of amides is 2. The molecule has 130 valence electrons.